The molecule has 6 aromatic carbocycles. The van der Waals surface area contributed by atoms with Crippen LogP contribution >= 0.6 is 0 Å². The zero-order valence-corrected chi connectivity index (χ0v) is 23.3. The van der Waals surface area contributed by atoms with Crippen LogP contribution in [0.1, 0.15) is 18.2 Å². The second-order valence-corrected chi connectivity index (χ2v) is 10.5. The first-order valence-electron chi connectivity index (χ1n) is 14.1. The topological polar surface area (TPSA) is 17.8 Å². The number of aromatic nitrogens is 2. The largest absolute Gasteiger partial charge is 0.299 e. The molecule has 0 radical (unpaired) electrons. The van der Waals surface area contributed by atoms with E-state index in [0.29, 0.717) is 0 Å². The number of aryl methyl sites for hydroxylation is 1. The van der Waals surface area contributed by atoms with Crippen molar-refractivity contribution >= 4 is 38.4 Å². The molecule has 196 valence electrons. The normalized spacial score (nSPS) is 12.0. The van der Waals surface area contributed by atoms with Crippen LogP contribution < -0.4 is 0 Å². The molecule has 0 bridgehead atoms. The quantitative estimate of drug-likeness (QED) is 0.161. The third-order valence-corrected chi connectivity index (χ3v) is 7.77. The highest BCUT2D eigenvalue weighted by Crippen LogP contribution is 2.44. The van der Waals surface area contributed by atoms with Gasteiger partial charge in [0.15, 0.2) is 0 Å². The molecule has 7 aromatic rings. The van der Waals surface area contributed by atoms with Crippen molar-refractivity contribution in [3.63, 3.8) is 0 Å². The zero-order valence-electron chi connectivity index (χ0n) is 23.3. The van der Waals surface area contributed by atoms with Crippen molar-refractivity contribution in [2.75, 3.05) is 0 Å². The molecule has 0 aliphatic rings. The first-order chi connectivity index (χ1) is 20.2. The Bertz CT molecular complexity index is 2050. The summed E-state index contributed by atoms with van der Waals surface area (Å²) in [5, 5.41) is 7.35. The van der Waals surface area contributed by atoms with Crippen LogP contribution in [0.5, 0.6) is 0 Å². The molecule has 7 rings (SSSR count). The minimum absolute atomic E-state index is 0.920. The van der Waals surface area contributed by atoms with Gasteiger partial charge in [-0.1, -0.05) is 121 Å². The lowest BCUT2D eigenvalue weighted by Crippen LogP contribution is -1.98. The molecule has 41 heavy (non-hydrogen) atoms. The summed E-state index contributed by atoms with van der Waals surface area (Å²) in [6.07, 6.45) is 10.3. The molecule has 0 amide bonds. The predicted molar refractivity (Wildman–Crippen MR) is 176 cm³/mol. The Hall–Kier alpha value is -5.21. The van der Waals surface area contributed by atoms with Gasteiger partial charge in [-0.25, -0.2) is 4.98 Å². The van der Waals surface area contributed by atoms with Crippen molar-refractivity contribution in [2.45, 2.75) is 13.8 Å². The standard InChI is InChI=1S/C39H30N2/c1-3-4-6-13-31-26-41(32-14-7-5-8-15-32)39(40-31)38-35-18-11-9-16-33(35)37(34-17-10-12-19-36(34)38)30-23-22-28-24-27(2)20-21-29(28)25-30/h3-26H,1-2H3/b4-3-,13-6-. The van der Waals surface area contributed by atoms with Crippen molar-refractivity contribution < 1.29 is 0 Å². The van der Waals surface area contributed by atoms with E-state index in [0.717, 1.165) is 22.8 Å². The highest BCUT2D eigenvalue weighted by Gasteiger charge is 2.20. The summed E-state index contributed by atoms with van der Waals surface area (Å²) in [5.74, 6) is 0.935. The molecule has 1 heterocycles. The van der Waals surface area contributed by atoms with E-state index < -0.39 is 0 Å². The Morgan fingerprint density at radius 2 is 1.22 bits per heavy atom. The Morgan fingerprint density at radius 1 is 0.610 bits per heavy atom. The van der Waals surface area contributed by atoms with Crippen molar-refractivity contribution in [1.82, 2.24) is 9.55 Å². The molecule has 0 N–H and O–H groups in total. The Labute approximate surface area is 240 Å². The van der Waals surface area contributed by atoms with E-state index in [1.165, 1.54) is 49.0 Å². The molecule has 0 aliphatic heterocycles. The lowest BCUT2D eigenvalue weighted by atomic mass is 9.87. The molecular formula is C39H30N2. The third kappa shape index (κ3) is 4.44. The molecule has 0 saturated carbocycles. The van der Waals surface area contributed by atoms with E-state index in [1.807, 2.05) is 25.2 Å². The summed E-state index contributed by atoms with van der Waals surface area (Å²) in [6, 6.07) is 41.6. The molecular weight excluding hydrogens is 496 g/mol. The maximum atomic E-state index is 5.22. The van der Waals surface area contributed by atoms with Gasteiger partial charge < -0.3 is 0 Å². The number of hydrogen-bond acceptors (Lipinski definition) is 1. The second kappa shape index (κ2) is 10.4. The lowest BCUT2D eigenvalue weighted by molar-refractivity contribution is 1.07. The van der Waals surface area contributed by atoms with Crippen molar-refractivity contribution in [3.05, 3.63) is 151 Å². The molecule has 1 aromatic heterocycles. The first kappa shape index (κ1) is 24.8. The van der Waals surface area contributed by atoms with E-state index in [1.54, 1.807) is 0 Å². The molecule has 0 spiro atoms. The summed E-state index contributed by atoms with van der Waals surface area (Å²) < 4.78 is 2.22. The number of fused-ring (bicyclic) bond motifs is 3. The van der Waals surface area contributed by atoms with Gasteiger partial charge in [-0.3, -0.25) is 4.57 Å². The van der Waals surface area contributed by atoms with Crippen LogP contribution in [0, 0.1) is 6.92 Å². The van der Waals surface area contributed by atoms with E-state index in [9.17, 15) is 0 Å². The third-order valence-electron chi connectivity index (χ3n) is 7.77. The zero-order chi connectivity index (χ0) is 27.8. The highest BCUT2D eigenvalue weighted by molar-refractivity contribution is 6.21. The first-order valence-corrected chi connectivity index (χ1v) is 14.1. The van der Waals surface area contributed by atoms with Gasteiger partial charge in [-0.15, -0.1) is 0 Å². The number of hydrogen-bond donors (Lipinski definition) is 0. The minimum atomic E-state index is 0.920. The minimum Gasteiger partial charge on any atom is -0.299 e. The van der Waals surface area contributed by atoms with Crippen molar-refractivity contribution in [3.8, 4) is 28.2 Å². The highest BCUT2D eigenvalue weighted by atomic mass is 15.1. The maximum Gasteiger partial charge on any atom is 0.146 e. The molecule has 0 fully saturated rings. The number of benzene rings is 6. The second-order valence-electron chi connectivity index (χ2n) is 10.5. The summed E-state index contributed by atoms with van der Waals surface area (Å²) in [7, 11) is 0. The Morgan fingerprint density at radius 3 is 1.90 bits per heavy atom. The lowest BCUT2D eigenvalue weighted by Gasteiger charge is -2.18. The van der Waals surface area contributed by atoms with E-state index in [-0.39, 0.29) is 0 Å². The van der Waals surface area contributed by atoms with Crippen LogP contribution in [0.4, 0.5) is 0 Å². The average Bonchev–Trinajstić information content (AvgIpc) is 3.43. The van der Waals surface area contributed by atoms with Crippen LogP contribution in [0.15, 0.2) is 140 Å². The molecule has 0 saturated heterocycles. The van der Waals surface area contributed by atoms with Crippen molar-refractivity contribution in [2.24, 2.45) is 0 Å². The monoisotopic (exact) mass is 526 g/mol. The number of para-hydroxylation sites is 1. The van der Waals surface area contributed by atoms with Gasteiger partial charge in [-0.05, 0) is 81.6 Å². The van der Waals surface area contributed by atoms with Crippen LogP contribution in [-0.2, 0) is 0 Å². The van der Waals surface area contributed by atoms with Gasteiger partial charge >= 0.3 is 0 Å². The number of rotatable bonds is 5. The fourth-order valence-electron chi connectivity index (χ4n) is 5.91. The van der Waals surface area contributed by atoms with Crippen LogP contribution in [0.2, 0.25) is 0 Å². The number of nitrogens with zero attached hydrogens (tertiary/aromatic N) is 2. The fraction of sp³-hybridized carbons (Fsp3) is 0.0513. The summed E-state index contributed by atoms with van der Waals surface area (Å²) in [6.45, 7) is 4.17. The molecule has 2 nitrogen and oxygen atoms in total. The molecule has 0 aliphatic carbocycles. The summed E-state index contributed by atoms with van der Waals surface area (Å²) >= 11 is 0. The summed E-state index contributed by atoms with van der Waals surface area (Å²) in [5.41, 5.74) is 6.91. The predicted octanol–water partition coefficient (Wildman–Crippen LogP) is 10.6. The van der Waals surface area contributed by atoms with Crippen LogP contribution in [0.25, 0.3) is 66.6 Å². The van der Waals surface area contributed by atoms with Crippen LogP contribution in [0.3, 0.4) is 0 Å². The average molecular weight is 527 g/mol. The molecule has 2 heteroatoms. The number of imidazole rings is 1. The van der Waals surface area contributed by atoms with E-state index in [4.69, 9.17) is 4.98 Å². The van der Waals surface area contributed by atoms with E-state index >= 15 is 0 Å². The van der Waals surface area contributed by atoms with Crippen molar-refractivity contribution in [1.29, 1.82) is 0 Å². The van der Waals surface area contributed by atoms with Gasteiger partial charge in [0, 0.05) is 17.4 Å². The maximum absolute atomic E-state index is 5.22. The van der Waals surface area contributed by atoms with Gasteiger partial charge in [0.05, 0.1) is 5.69 Å². The number of allylic oxidation sites excluding steroid dienone is 3. The fourth-order valence-corrected chi connectivity index (χ4v) is 5.91. The SMILES string of the molecule is C/C=C\C=C/c1cn(-c2ccccc2)c(-c2c3ccccc3c(-c3ccc4cc(C)ccc4c3)c3ccccc23)n1. The summed E-state index contributed by atoms with van der Waals surface area (Å²) in [4.78, 5) is 5.22. The Kier molecular flexibility index (Phi) is 6.29. The molecule has 0 unspecified atom stereocenters. The smallest absolute Gasteiger partial charge is 0.146 e. The van der Waals surface area contributed by atoms with Gasteiger partial charge in [-0.2, -0.15) is 0 Å². The van der Waals surface area contributed by atoms with Gasteiger partial charge in [0.2, 0.25) is 0 Å². The van der Waals surface area contributed by atoms with Gasteiger partial charge in [0.1, 0.15) is 5.82 Å². The Balaban J connectivity index is 1.56. The van der Waals surface area contributed by atoms with Crippen LogP contribution in [-0.4, -0.2) is 9.55 Å². The molecule has 0 atom stereocenters. The van der Waals surface area contributed by atoms with Gasteiger partial charge in [0.25, 0.3) is 0 Å². The van der Waals surface area contributed by atoms with E-state index in [2.05, 4.69) is 139 Å².